The summed E-state index contributed by atoms with van der Waals surface area (Å²) in [5, 5.41) is 8.81. The van der Waals surface area contributed by atoms with Crippen LogP contribution in [0.3, 0.4) is 0 Å². The molecular weight excluding hydrogens is 200 g/mol. The summed E-state index contributed by atoms with van der Waals surface area (Å²) in [5.74, 6) is 1.14. The molecule has 74 valence electrons. The summed E-state index contributed by atoms with van der Waals surface area (Å²) >= 11 is 1.54. The van der Waals surface area contributed by atoms with Gasteiger partial charge in [0.15, 0.2) is 5.16 Å². The fourth-order valence-electron chi connectivity index (χ4n) is 1.25. The fourth-order valence-corrected chi connectivity index (χ4v) is 1.78. The third-order valence-electron chi connectivity index (χ3n) is 1.90. The number of rotatable bonds is 2. The highest BCUT2D eigenvalue weighted by Crippen LogP contribution is 2.18. The van der Waals surface area contributed by atoms with Gasteiger partial charge in [-0.15, -0.1) is 10.2 Å². The molecule has 0 atom stereocenters. The molecule has 0 fully saturated rings. The normalized spacial score (nSPS) is 10.8. The first-order valence-electron chi connectivity index (χ1n) is 4.07. The van der Waals surface area contributed by atoms with E-state index in [0.717, 1.165) is 10.9 Å². The van der Waals surface area contributed by atoms with Gasteiger partial charge in [-0.1, -0.05) is 11.8 Å². The molecule has 2 aromatic rings. The lowest BCUT2D eigenvalue weighted by molar-refractivity contribution is 0.397. The number of ether oxygens (including phenoxy) is 1. The fraction of sp³-hybridized carbons (Fsp3) is 0.375. The van der Waals surface area contributed by atoms with Crippen molar-refractivity contribution in [2.24, 2.45) is 0 Å². The monoisotopic (exact) mass is 210 g/mol. The number of nitrogens with zero attached hydrogens (tertiary/aromatic N) is 4. The van der Waals surface area contributed by atoms with Crippen LogP contribution in [0.1, 0.15) is 5.69 Å². The minimum Gasteiger partial charge on any atom is -0.481 e. The van der Waals surface area contributed by atoms with Crippen LogP contribution in [0.2, 0.25) is 0 Å². The van der Waals surface area contributed by atoms with Gasteiger partial charge in [-0.05, 0) is 13.2 Å². The van der Waals surface area contributed by atoms with Crippen LogP contribution in [0.15, 0.2) is 11.2 Å². The number of methoxy groups -OCH3 is 1. The van der Waals surface area contributed by atoms with Gasteiger partial charge in [-0.2, -0.15) is 4.98 Å². The van der Waals surface area contributed by atoms with E-state index in [1.54, 1.807) is 18.9 Å². The van der Waals surface area contributed by atoms with Crippen LogP contribution in [-0.2, 0) is 0 Å². The highest BCUT2D eigenvalue weighted by molar-refractivity contribution is 7.98. The largest absolute Gasteiger partial charge is 0.481 e. The van der Waals surface area contributed by atoms with Crippen LogP contribution in [0.5, 0.6) is 5.88 Å². The number of aromatic nitrogens is 4. The molecule has 2 rings (SSSR count). The molecule has 0 spiro atoms. The molecule has 0 aliphatic heterocycles. The summed E-state index contributed by atoms with van der Waals surface area (Å²) in [6, 6.07) is 1.86. The molecule has 14 heavy (non-hydrogen) atoms. The third-order valence-corrected chi connectivity index (χ3v) is 2.53. The zero-order valence-corrected chi connectivity index (χ0v) is 9.00. The van der Waals surface area contributed by atoms with Crippen molar-refractivity contribution in [1.82, 2.24) is 19.6 Å². The van der Waals surface area contributed by atoms with Gasteiger partial charge in [-0.3, -0.25) is 4.40 Å². The van der Waals surface area contributed by atoms with Crippen molar-refractivity contribution in [1.29, 1.82) is 0 Å². The second-order valence-electron chi connectivity index (χ2n) is 2.76. The maximum Gasteiger partial charge on any atom is 0.259 e. The Labute approximate surface area is 85.5 Å². The first kappa shape index (κ1) is 9.26. The van der Waals surface area contributed by atoms with Crippen LogP contribution in [0, 0.1) is 6.92 Å². The van der Waals surface area contributed by atoms with Crippen molar-refractivity contribution in [3.05, 3.63) is 11.8 Å². The number of fused-ring (bicyclic) bond motifs is 1. The summed E-state index contributed by atoms with van der Waals surface area (Å²) in [6.45, 7) is 1.97. The smallest absolute Gasteiger partial charge is 0.259 e. The van der Waals surface area contributed by atoms with E-state index in [9.17, 15) is 0 Å². The summed E-state index contributed by atoms with van der Waals surface area (Å²) in [7, 11) is 1.59. The Kier molecular flexibility index (Phi) is 2.28. The molecule has 6 heteroatoms. The Bertz CT molecular complexity index is 468. The zero-order valence-electron chi connectivity index (χ0n) is 8.18. The summed E-state index contributed by atoms with van der Waals surface area (Å²) < 4.78 is 6.94. The lowest BCUT2D eigenvalue weighted by atomic mass is 10.4. The molecule has 0 N–H and O–H groups in total. The SMILES string of the molecule is COc1cc(C)n2c(SC)nnc2n1. The van der Waals surface area contributed by atoms with Crippen LogP contribution < -0.4 is 4.74 Å². The second-order valence-corrected chi connectivity index (χ2v) is 3.54. The predicted octanol–water partition coefficient (Wildman–Crippen LogP) is 1.16. The minimum atomic E-state index is 0.565. The van der Waals surface area contributed by atoms with Crippen LogP contribution in [-0.4, -0.2) is 32.9 Å². The Hall–Kier alpha value is -1.30. The van der Waals surface area contributed by atoms with Gasteiger partial charge < -0.3 is 4.74 Å². The first-order valence-corrected chi connectivity index (χ1v) is 5.29. The first-order chi connectivity index (χ1) is 6.76. The predicted molar refractivity (Wildman–Crippen MR) is 53.9 cm³/mol. The average Bonchev–Trinajstić information content (AvgIpc) is 2.61. The van der Waals surface area contributed by atoms with E-state index in [2.05, 4.69) is 15.2 Å². The highest BCUT2D eigenvalue weighted by atomic mass is 32.2. The zero-order chi connectivity index (χ0) is 10.1. The molecule has 0 aliphatic carbocycles. The Morgan fingerprint density at radius 1 is 1.43 bits per heavy atom. The summed E-state index contributed by atoms with van der Waals surface area (Å²) in [6.07, 6.45) is 1.96. The van der Waals surface area contributed by atoms with Crippen LogP contribution in [0.4, 0.5) is 0 Å². The molecule has 0 saturated heterocycles. The van der Waals surface area contributed by atoms with Crippen molar-refractivity contribution in [2.75, 3.05) is 13.4 Å². The maximum atomic E-state index is 5.05. The van der Waals surface area contributed by atoms with E-state index in [4.69, 9.17) is 4.74 Å². The lowest BCUT2D eigenvalue weighted by Crippen LogP contribution is -1.98. The molecule has 0 aromatic carbocycles. The van der Waals surface area contributed by atoms with E-state index in [1.807, 2.05) is 23.6 Å². The molecule has 2 heterocycles. The van der Waals surface area contributed by atoms with Gasteiger partial charge in [0, 0.05) is 11.8 Å². The molecule has 0 unspecified atom stereocenters. The summed E-state index contributed by atoms with van der Waals surface area (Å²) in [5.41, 5.74) is 1.02. The van der Waals surface area contributed by atoms with Crippen molar-refractivity contribution < 1.29 is 4.74 Å². The molecule has 2 aromatic heterocycles. The third kappa shape index (κ3) is 1.31. The number of aryl methyl sites for hydroxylation is 1. The Morgan fingerprint density at radius 3 is 2.86 bits per heavy atom. The van der Waals surface area contributed by atoms with Gasteiger partial charge in [0.25, 0.3) is 5.78 Å². The van der Waals surface area contributed by atoms with Crippen molar-refractivity contribution in [3.8, 4) is 5.88 Å². The van der Waals surface area contributed by atoms with Gasteiger partial charge in [0.05, 0.1) is 7.11 Å². The maximum absolute atomic E-state index is 5.05. The van der Waals surface area contributed by atoms with E-state index in [1.165, 1.54) is 0 Å². The van der Waals surface area contributed by atoms with Crippen LogP contribution >= 0.6 is 11.8 Å². The van der Waals surface area contributed by atoms with Gasteiger partial charge in [-0.25, -0.2) is 0 Å². The molecule has 0 bridgehead atoms. The van der Waals surface area contributed by atoms with E-state index in [-0.39, 0.29) is 0 Å². The van der Waals surface area contributed by atoms with Gasteiger partial charge >= 0.3 is 0 Å². The average molecular weight is 210 g/mol. The standard InChI is InChI=1S/C8H10N4OS/c1-5-4-6(13-2)9-7-10-11-8(14-3)12(5)7/h4H,1-3H3. The van der Waals surface area contributed by atoms with Crippen molar-refractivity contribution in [2.45, 2.75) is 12.1 Å². The number of hydrogen-bond acceptors (Lipinski definition) is 5. The van der Waals surface area contributed by atoms with Gasteiger partial charge in [0.2, 0.25) is 5.88 Å². The highest BCUT2D eigenvalue weighted by Gasteiger charge is 2.09. The molecule has 0 saturated carbocycles. The molecular formula is C8H10N4OS. The van der Waals surface area contributed by atoms with Crippen molar-refractivity contribution in [3.63, 3.8) is 0 Å². The lowest BCUT2D eigenvalue weighted by Gasteiger charge is -2.03. The Morgan fingerprint density at radius 2 is 2.21 bits per heavy atom. The molecule has 0 radical (unpaired) electrons. The van der Waals surface area contributed by atoms with E-state index < -0.39 is 0 Å². The topological polar surface area (TPSA) is 52.3 Å². The Balaban J connectivity index is 2.72. The van der Waals surface area contributed by atoms with Crippen LogP contribution in [0.25, 0.3) is 5.78 Å². The minimum absolute atomic E-state index is 0.565. The molecule has 0 aliphatic rings. The van der Waals surface area contributed by atoms with E-state index in [0.29, 0.717) is 11.7 Å². The quantitative estimate of drug-likeness (QED) is 0.696. The van der Waals surface area contributed by atoms with E-state index >= 15 is 0 Å². The molecule has 0 amide bonds. The van der Waals surface area contributed by atoms with Gasteiger partial charge in [0.1, 0.15) is 0 Å². The van der Waals surface area contributed by atoms with Crippen molar-refractivity contribution >= 4 is 17.5 Å². The summed E-state index contributed by atoms with van der Waals surface area (Å²) in [4.78, 5) is 4.18. The number of hydrogen-bond donors (Lipinski definition) is 0. The second kappa shape index (κ2) is 3.45. The molecule has 5 nitrogen and oxygen atoms in total. The number of thioether (sulfide) groups is 1.